The van der Waals surface area contributed by atoms with Gasteiger partial charge in [-0.2, -0.15) is 0 Å². The summed E-state index contributed by atoms with van der Waals surface area (Å²) in [7, 11) is 0. The van der Waals surface area contributed by atoms with Crippen molar-refractivity contribution in [3.8, 4) is 16.9 Å². The van der Waals surface area contributed by atoms with Crippen LogP contribution in [0, 0.1) is 6.07 Å². The zero-order chi connectivity index (χ0) is 11.2. The summed E-state index contributed by atoms with van der Waals surface area (Å²) in [5.74, 6) is 0.932. The van der Waals surface area contributed by atoms with Gasteiger partial charge in [0.25, 0.3) is 0 Å². The van der Waals surface area contributed by atoms with E-state index in [4.69, 9.17) is 4.74 Å². The van der Waals surface area contributed by atoms with Gasteiger partial charge >= 0.3 is 0 Å². The van der Waals surface area contributed by atoms with Gasteiger partial charge in [0.2, 0.25) is 0 Å². The van der Waals surface area contributed by atoms with Crippen molar-refractivity contribution in [2.24, 2.45) is 0 Å². The monoisotopic (exact) mass is 211 g/mol. The zero-order valence-electron chi connectivity index (χ0n) is 9.44. The van der Waals surface area contributed by atoms with E-state index in [1.807, 2.05) is 30.3 Å². The summed E-state index contributed by atoms with van der Waals surface area (Å²) < 4.78 is 5.54. The number of benzene rings is 2. The van der Waals surface area contributed by atoms with Crippen LogP contribution in [0.1, 0.15) is 13.3 Å². The van der Waals surface area contributed by atoms with Crippen molar-refractivity contribution in [2.75, 3.05) is 6.61 Å². The summed E-state index contributed by atoms with van der Waals surface area (Å²) >= 11 is 0. The van der Waals surface area contributed by atoms with Crippen molar-refractivity contribution in [1.82, 2.24) is 0 Å². The van der Waals surface area contributed by atoms with E-state index in [0.29, 0.717) is 0 Å². The highest BCUT2D eigenvalue weighted by Crippen LogP contribution is 2.21. The molecule has 1 radical (unpaired) electrons. The Bertz CT molecular complexity index is 417. The molecule has 0 fully saturated rings. The molecule has 1 heteroatoms. The Kier molecular flexibility index (Phi) is 3.60. The Labute approximate surface area is 96.7 Å². The third-order valence-electron chi connectivity index (χ3n) is 2.35. The largest absolute Gasteiger partial charge is 0.494 e. The van der Waals surface area contributed by atoms with E-state index in [1.54, 1.807) is 0 Å². The minimum atomic E-state index is 0.775. The van der Waals surface area contributed by atoms with Gasteiger partial charge in [0.15, 0.2) is 0 Å². The molecular weight excluding hydrogens is 196 g/mol. The number of ether oxygens (including phenoxy) is 1. The van der Waals surface area contributed by atoms with Crippen LogP contribution in [0.4, 0.5) is 0 Å². The molecule has 2 aromatic rings. The van der Waals surface area contributed by atoms with E-state index in [2.05, 4.69) is 31.2 Å². The van der Waals surface area contributed by atoms with Gasteiger partial charge in [-0.1, -0.05) is 43.3 Å². The maximum atomic E-state index is 5.54. The lowest BCUT2D eigenvalue weighted by Gasteiger charge is -2.05. The third-order valence-corrected chi connectivity index (χ3v) is 2.35. The van der Waals surface area contributed by atoms with Crippen LogP contribution >= 0.6 is 0 Å². The number of hydrogen-bond acceptors (Lipinski definition) is 1. The lowest BCUT2D eigenvalue weighted by Crippen LogP contribution is -1.94. The van der Waals surface area contributed by atoms with E-state index in [-0.39, 0.29) is 0 Å². The lowest BCUT2D eigenvalue weighted by molar-refractivity contribution is 0.317. The van der Waals surface area contributed by atoms with E-state index in [1.165, 1.54) is 5.56 Å². The van der Waals surface area contributed by atoms with Crippen molar-refractivity contribution in [3.63, 3.8) is 0 Å². The van der Waals surface area contributed by atoms with Crippen LogP contribution in [0.3, 0.4) is 0 Å². The van der Waals surface area contributed by atoms with Gasteiger partial charge in [-0.15, -0.1) is 0 Å². The first kappa shape index (κ1) is 10.7. The molecule has 0 aliphatic rings. The molecule has 0 aliphatic carbocycles. The molecular formula is C15H15O. The summed E-state index contributed by atoms with van der Waals surface area (Å²) in [6, 6.07) is 19.3. The molecule has 0 bridgehead atoms. The molecule has 0 aliphatic heterocycles. The van der Waals surface area contributed by atoms with Crippen molar-refractivity contribution >= 4 is 0 Å². The molecule has 2 aromatic carbocycles. The second-order valence-corrected chi connectivity index (χ2v) is 3.65. The predicted octanol–water partition coefficient (Wildman–Crippen LogP) is 3.94. The molecule has 0 N–H and O–H groups in total. The predicted molar refractivity (Wildman–Crippen MR) is 66.5 cm³/mol. The van der Waals surface area contributed by atoms with E-state index in [0.717, 1.165) is 24.3 Å². The van der Waals surface area contributed by atoms with E-state index >= 15 is 0 Å². The fraction of sp³-hybridized carbons (Fsp3) is 0.200. The number of rotatable bonds is 4. The Balaban J connectivity index is 2.13. The number of hydrogen-bond donors (Lipinski definition) is 0. The molecule has 0 aromatic heterocycles. The standard InChI is InChI=1S/C15H15O/c1-2-12-16-15-10-8-14(9-11-15)13-6-4-3-5-7-13/h3-6,8-11H,2,12H2,1H3. The van der Waals surface area contributed by atoms with Gasteiger partial charge in [-0.05, 0) is 35.7 Å². The van der Waals surface area contributed by atoms with Gasteiger partial charge < -0.3 is 4.74 Å². The summed E-state index contributed by atoms with van der Waals surface area (Å²) in [5.41, 5.74) is 2.29. The molecule has 1 nitrogen and oxygen atoms in total. The van der Waals surface area contributed by atoms with Crippen LogP contribution in [-0.4, -0.2) is 6.61 Å². The third kappa shape index (κ3) is 2.63. The van der Waals surface area contributed by atoms with E-state index < -0.39 is 0 Å². The molecule has 2 rings (SSSR count). The van der Waals surface area contributed by atoms with Gasteiger partial charge in [-0.25, -0.2) is 0 Å². The zero-order valence-corrected chi connectivity index (χ0v) is 9.44. The lowest BCUT2D eigenvalue weighted by atomic mass is 10.1. The van der Waals surface area contributed by atoms with Gasteiger partial charge in [0, 0.05) is 0 Å². The highest BCUT2D eigenvalue weighted by atomic mass is 16.5. The topological polar surface area (TPSA) is 9.23 Å². The van der Waals surface area contributed by atoms with Crippen LogP contribution in [0.2, 0.25) is 0 Å². The Morgan fingerprint density at radius 1 is 1.06 bits per heavy atom. The molecule has 81 valence electrons. The molecule has 0 saturated carbocycles. The Hall–Kier alpha value is -1.76. The van der Waals surface area contributed by atoms with Crippen LogP contribution < -0.4 is 4.74 Å². The van der Waals surface area contributed by atoms with Crippen LogP contribution in [0.5, 0.6) is 5.75 Å². The van der Waals surface area contributed by atoms with E-state index in [9.17, 15) is 0 Å². The summed E-state index contributed by atoms with van der Waals surface area (Å²) in [4.78, 5) is 0. The van der Waals surface area contributed by atoms with Crippen molar-refractivity contribution in [3.05, 3.63) is 54.6 Å². The minimum absolute atomic E-state index is 0.775. The van der Waals surface area contributed by atoms with Crippen LogP contribution in [-0.2, 0) is 0 Å². The van der Waals surface area contributed by atoms with Gasteiger partial charge in [0.1, 0.15) is 5.75 Å². The average molecular weight is 211 g/mol. The fourth-order valence-electron chi connectivity index (χ4n) is 1.52. The molecule has 16 heavy (non-hydrogen) atoms. The van der Waals surface area contributed by atoms with Gasteiger partial charge in [-0.3, -0.25) is 0 Å². The highest BCUT2D eigenvalue weighted by molar-refractivity contribution is 5.63. The molecule has 0 unspecified atom stereocenters. The SMILES string of the molecule is CCCOc1ccc(-c2[c]cccc2)cc1. The van der Waals surface area contributed by atoms with Crippen molar-refractivity contribution in [1.29, 1.82) is 0 Å². The molecule has 0 spiro atoms. The average Bonchev–Trinajstić information content (AvgIpc) is 2.38. The smallest absolute Gasteiger partial charge is 0.119 e. The molecule has 0 heterocycles. The first-order valence-electron chi connectivity index (χ1n) is 5.60. The van der Waals surface area contributed by atoms with Gasteiger partial charge in [0.05, 0.1) is 6.61 Å². The Morgan fingerprint density at radius 3 is 2.50 bits per heavy atom. The van der Waals surface area contributed by atoms with Crippen LogP contribution in [0.25, 0.3) is 11.1 Å². The molecule has 0 saturated heterocycles. The summed E-state index contributed by atoms with van der Waals surface area (Å²) in [5, 5.41) is 0. The maximum Gasteiger partial charge on any atom is 0.119 e. The minimum Gasteiger partial charge on any atom is -0.494 e. The normalized spacial score (nSPS) is 10.1. The Morgan fingerprint density at radius 2 is 1.88 bits per heavy atom. The second-order valence-electron chi connectivity index (χ2n) is 3.65. The van der Waals surface area contributed by atoms with Crippen molar-refractivity contribution < 1.29 is 4.74 Å². The first-order chi connectivity index (χ1) is 7.90. The molecule has 0 atom stereocenters. The van der Waals surface area contributed by atoms with Crippen molar-refractivity contribution in [2.45, 2.75) is 13.3 Å². The van der Waals surface area contributed by atoms with Crippen LogP contribution in [0.15, 0.2) is 48.5 Å². The summed E-state index contributed by atoms with van der Waals surface area (Å²) in [6.07, 6.45) is 1.04. The summed E-state index contributed by atoms with van der Waals surface area (Å²) in [6.45, 7) is 2.88. The highest BCUT2D eigenvalue weighted by Gasteiger charge is 1.97. The first-order valence-corrected chi connectivity index (χ1v) is 5.60. The second kappa shape index (κ2) is 5.36. The fourth-order valence-corrected chi connectivity index (χ4v) is 1.52. The maximum absolute atomic E-state index is 5.54. The molecule has 0 amide bonds. The quantitative estimate of drug-likeness (QED) is 0.744.